The molecular formula is C24H26F11N5O8S. The molecular weight excluding hydrogens is 727 g/mol. The van der Waals surface area contributed by atoms with Gasteiger partial charge in [-0.25, -0.2) is 31.6 Å². The number of likely N-dealkylation sites (N-methyl/N-ethyl adjacent to an activating group) is 1. The van der Waals surface area contributed by atoms with Gasteiger partial charge in [-0.05, 0) is 31.7 Å². The van der Waals surface area contributed by atoms with Gasteiger partial charge in [0.05, 0.1) is 18.0 Å². The van der Waals surface area contributed by atoms with Crippen LogP contribution in [0.1, 0.15) is 29.3 Å². The molecule has 0 bridgehead atoms. The number of carboxylic acids is 3. The number of carboxylic acid groups (broad SMARTS) is 3. The molecule has 49 heavy (non-hydrogen) atoms. The Balaban J connectivity index is 0.000000467. The SMILES string of the molecule is CN1C[C@H](N2Cc3cn(S(C)(=O)=O)nc3C2)C[C@H](N)[C@H]1c1cc(F)ccc1F.O=C(O)C(F)(F)F.O=C(O)C(F)(F)F.O=C(O)C(F)(F)F. The Kier molecular flexibility index (Phi) is 14.1. The lowest BCUT2D eigenvalue weighted by Gasteiger charge is -2.44. The smallest absolute Gasteiger partial charge is 0.475 e. The zero-order valence-corrected chi connectivity index (χ0v) is 25.5. The molecule has 2 aliphatic heterocycles. The largest absolute Gasteiger partial charge is 0.490 e. The summed E-state index contributed by atoms with van der Waals surface area (Å²) >= 11 is 0. The van der Waals surface area contributed by atoms with Crippen LogP contribution < -0.4 is 5.73 Å². The maximum Gasteiger partial charge on any atom is 0.490 e. The molecule has 5 N–H and O–H groups in total. The summed E-state index contributed by atoms with van der Waals surface area (Å²) in [5.74, 6) is -9.21. The zero-order valence-electron chi connectivity index (χ0n) is 24.7. The molecule has 278 valence electrons. The molecule has 1 aromatic heterocycles. The van der Waals surface area contributed by atoms with Gasteiger partial charge >= 0.3 is 36.4 Å². The Morgan fingerprint density at radius 3 is 1.69 bits per heavy atom. The molecule has 4 rings (SSSR count). The highest BCUT2D eigenvalue weighted by atomic mass is 32.2. The average molecular weight is 754 g/mol. The van der Waals surface area contributed by atoms with E-state index in [1.54, 1.807) is 6.20 Å². The van der Waals surface area contributed by atoms with Crippen molar-refractivity contribution >= 4 is 27.9 Å². The highest BCUT2D eigenvalue weighted by molar-refractivity contribution is 7.89. The van der Waals surface area contributed by atoms with E-state index in [0.717, 1.165) is 33.7 Å². The van der Waals surface area contributed by atoms with Gasteiger partial charge in [-0.3, -0.25) is 9.80 Å². The second-order valence-electron chi connectivity index (χ2n) is 10.2. The second kappa shape index (κ2) is 16.1. The number of rotatable bonds is 3. The van der Waals surface area contributed by atoms with E-state index < -0.39 is 64.1 Å². The lowest BCUT2D eigenvalue weighted by atomic mass is 9.88. The van der Waals surface area contributed by atoms with Crippen LogP contribution in [0.5, 0.6) is 0 Å². The van der Waals surface area contributed by atoms with E-state index in [1.807, 2.05) is 11.9 Å². The monoisotopic (exact) mass is 753 g/mol. The molecule has 1 aromatic carbocycles. The first-order valence-electron chi connectivity index (χ1n) is 12.8. The van der Waals surface area contributed by atoms with Crippen LogP contribution in [0.2, 0.25) is 0 Å². The number of hydrogen-bond acceptors (Lipinski definition) is 9. The summed E-state index contributed by atoms with van der Waals surface area (Å²) in [6.45, 7) is 1.78. The van der Waals surface area contributed by atoms with Crippen LogP contribution >= 0.6 is 0 Å². The number of hydrogen-bond donors (Lipinski definition) is 4. The molecule has 0 saturated carbocycles. The third kappa shape index (κ3) is 13.0. The quantitative estimate of drug-likeness (QED) is 0.335. The first-order chi connectivity index (χ1) is 22.0. The summed E-state index contributed by atoms with van der Waals surface area (Å²) < 4.78 is 147. The molecule has 0 amide bonds. The number of benzene rings is 1. The van der Waals surface area contributed by atoms with Crippen molar-refractivity contribution in [2.45, 2.75) is 56.2 Å². The molecule has 3 heterocycles. The molecule has 13 nitrogen and oxygen atoms in total. The van der Waals surface area contributed by atoms with E-state index in [9.17, 15) is 56.7 Å². The van der Waals surface area contributed by atoms with E-state index in [4.69, 9.17) is 35.4 Å². The van der Waals surface area contributed by atoms with Gasteiger partial charge in [-0.15, -0.1) is 0 Å². The molecule has 3 atom stereocenters. The highest BCUT2D eigenvalue weighted by Crippen LogP contribution is 2.35. The molecule has 25 heteroatoms. The van der Waals surface area contributed by atoms with Gasteiger partial charge in [0.2, 0.25) is 0 Å². The summed E-state index contributed by atoms with van der Waals surface area (Å²) in [7, 11) is -1.53. The fraction of sp³-hybridized carbons (Fsp3) is 0.500. The van der Waals surface area contributed by atoms with Crippen molar-refractivity contribution in [2.24, 2.45) is 5.73 Å². The number of aliphatic carboxylic acids is 3. The predicted octanol–water partition coefficient (Wildman–Crippen LogP) is 2.96. The number of nitrogens with two attached hydrogens (primary N) is 1. The molecule has 1 fully saturated rings. The van der Waals surface area contributed by atoms with Crippen molar-refractivity contribution in [1.29, 1.82) is 0 Å². The first-order valence-corrected chi connectivity index (χ1v) is 14.6. The van der Waals surface area contributed by atoms with Gasteiger partial charge in [0.1, 0.15) is 11.6 Å². The highest BCUT2D eigenvalue weighted by Gasteiger charge is 2.41. The van der Waals surface area contributed by atoms with Crippen LogP contribution in [0.3, 0.4) is 0 Å². The Bertz CT molecular complexity index is 1500. The number of likely N-dealkylation sites (tertiary alicyclic amines) is 1. The van der Waals surface area contributed by atoms with Crippen LogP contribution in [0.4, 0.5) is 48.3 Å². The van der Waals surface area contributed by atoms with Gasteiger partial charge in [-0.1, -0.05) is 0 Å². The zero-order chi connectivity index (χ0) is 38.4. The third-order valence-corrected chi connectivity index (χ3v) is 7.23. The van der Waals surface area contributed by atoms with Gasteiger partial charge in [0, 0.05) is 49.0 Å². The van der Waals surface area contributed by atoms with E-state index in [1.165, 1.54) is 6.07 Å². The van der Waals surface area contributed by atoms with E-state index >= 15 is 0 Å². The molecule has 0 spiro atoms. The van der Waals surface area contributed by atoms with Crippen LogP contribution in [0, 0.1) is 11.6 Å². The summed E-state index contributed by atoms with van der Waals surface area (Å²) in [5.41, 5.74) is 8.30. The first kappa shape index (κ1) is 42.9. The molecule has 1 saturated heterocycles. The van der Waals surface area contributed by atoms with Gasteiger partial charge in [-0.2, -0.15) is 48.7 Å². The molecule has 0 unspecified atom stereocenters. The second-order valence-corrected chi connectivity index (χ2v) is 12.0. The summed E-state index contributed by atoms with van der Waals surface area (Å²) in [6.07, 6.45) is -11.9. The van der Waals surface area contributed by atoms with Crippen LogP contribution in [-0.4, -0.2) is 111 Å². The van der Waals surface area contributed by atoms with Crippen molar-refractivity contribution in [3.63, 3.8) is 0 Å². The standard InChI is InChI=1S/C18H23F2N5O2S.3C2HF3O2/c1-23-9-13(6-16(21)18(23)14-5-12(19)3-4-15(14)20)24-7-11-8-25(28(2,26)27)22-17(11)10-24;3*3-2(4,5)1(6)7/h3-5,8,13,16,18H,6-7,9-10,21H2,1-2H3;3*(H,6,7)/t13-,16+,18-;;;/m1.../s1. The minimum absolute atomic E-state index is 0.119. The summed E-state index contributed by atoms with van der Waals surface area (Å²) in [5, 5.41) is 25.6. The number of aromatic nitrogens is 2. The maximum absolute atomic E-state index is 14.3. The normalized spacial score (nSPS) is 20.0. The number of alkyl halides is 9. The summed E-state index contributed by atoms with van der Waals surface area (Å²) in [4.78, 5) is 30.9. The number of piperidine rings is 1. The fourth-order valence-electron chi connectivity index (χ4n) is 4.34. The van der Waals surface area contributed by atoms with Gasteiger partial charge < -0.3 is 21.1 Å². The molecule has 2 aromatic rings. The Morgan fingerprint density at radius 2 is 1.33 bits per heavy atom. The maximum atomic E-state index is 14.3. The number of carbonyl (C=O) groups is 3. The van der Waals surface area contributed by atoms with Crippen molar-refractivity contribution in [3.05, 3.63) is 52.9 Å². The molecule has 2 aliphatic rings. The van der Waals surface area contributed by atoms with Crippen molar-refractivity contribution < 1.29 is 86.4 Å². The van der Waals surface area contributed by atoms with Crippen molar-refractivity contribution in [2.75, 3.05) is 19.8 Å². The molecule has 0 radical (unpaired) electrons. The third-order valence-electron chi connectivity index (χ3n) is 6.37. The van der Waals surface area contributed by atoms with Gasteiger partial charge in [0.25, 0.3) is 10.0 Å². The number of nitrogens with zero attached hydrogens (tertiary/aromatic N) is 4. The summed E-state index contributed by atoms with van der Waals surface area (Å²) in [6, 6.07) is 2.82. The number of fused-ring (bicyclic) bond motifs is 1. The minimum Gasteiger partial charge on any atom is -0.475 e. The van der Waals surface area contributed by atoms with Crippen LogP contribution in [0.15, 0.2) is 24.4 Å². The predicted molar refractivity (Wildman–Crippen MR) is 141 cm³/mol. The van der Waals surface area contributed by atoms with E-state index in [-0.39, 0.29) is 17.6 Å². The van der Waals surface area contributed by atoms with Crippen molar-refractivity contribution in [1.82, 2.24) is 19.0 Å². The fourth-order valence-corrected chi connectivity index (χ4v) is 4.91. The lowest BCUT2D eigenvalue weighted by Crippen LogP contribution is -2.54. The lowest BCUT2D eigenvalue weighted by molar-refractivity contribution is -0.193. The average Bonchev–Trinajstić information content (AvgIpc) is 3.50. The van der Waals surface area contributed by atoms with E-state index in [2.05, 4.69) is 10.00 Å². The Morgan fingerprint density at radius 1 is 0.878 bits per heavy atom. The Hall–Kier alpha value is -4.10. The molecule has 0 aliphatic carbocycles. The minimum atomic E-state index is -5.08. The Labute approximate surface area is 268 Å². The number of halogens is 11. The van der Waals surface area contributed by atoms with Gasteiger partial charge in [0.15, 0.2) is 0 Å². The van der Waals surface area contributed by atoms with E-state index in [0.29, 0.717) is 26.1 Å². The van der Waals surface area contributed by atoms with Crippen molar-refractivity contribution in [3.8, 4) is 0 Å². The topological polar surface area (TPSA) is 196 Å². The van der Waals surface area contributed by atoms with Crippen LogP contribution in [-0.2, 0) is 37.5 Å². The van der Waals surface area contributed by atoms with Crippen LogP contribution in [0.25, 0.3) is 0 Å².